The molecule has 0 aromatic heterocycles. The number of para-hydroxylation sites is 1. The average Bonchev–Trinajstić information content (AvgIpc) is 2.62. The van der Waals surface area contributed by atoms with Crippen molar-refractivity contribution in [2.24, 2.45) is 0 Å². The molecule has 0 saturated carbocycles. The number of nitrogens with zero attached hydrogens (tertiary/aromatic N) is 2. The van der Waals surface area contributed by atoms with E-state index >= 15 is 0 Å². The van der Waals surface area contributed by atoms with Gasteiger partial charge in [-0.15, -0.1) is 0 Å². The number of rotatable bonds is 4. The lowest BCUT2D eigenvalue weighted by Gasteiger charge is -2.33. The number of benzene rings is 2. The Morgan fingerprint density at radius 2 is 1.73 bits per heavy atom. The summed E-state index contributed by atoms with van der Waals surface area (Å²) in [4.78, 5) is 10.5. The van der Waals surface area contributed by atoms with E-state index in [0.717, 1.165) is 31.7 Å². The minimum absolute atomic E-state index is 0.0409. The van der Waals surface area contributed by atoms with Gasteiger partial charge in [0.15, 0.2) is 5.69 Å². The van der Waals surface area contributed by atoms with Gasteiger partial charge in [-0.1, -0.05) is 24.3 Å². The fraction of sp³-hybridized carbons (Fsp3) is 0.263. The number of hydrogen-bond acceptors (Lipinski definition) is 4. The molecule has 0 fully saturated rings. The van der Waals surface area contributed by atoms with E-state index in [4.69, 9.17) is 0 Å². The molecule has 0 bridgehead atoms. The van der Waals surface area contributed by atoms with Crippen molar-refractivity contribution in [3.8, 4) is 0 Å². The molecular formula is C19H21N2O4S+. The summed E-state index contributed by atoms with van der Waals surface area (Å²) in [6.07, 6.45) is 7.18. The van der Waals surface area contributed by atoms with Gasteiger partial charge < -0.3 is 0 Å². The van der Waals surface area contributed by atoms with Crippen molar-refractivity contribution in [3.63, 3.8) is 0 Å². The molecule has 1 unspecified atom stereocenters. The van der Waals surface area contributed by atoms with Gasteiger partial charge in [-0.3, -0.25) is 10.1 Å². The van der Waals surface area contributed by atoms with Gasteiger partial charge in [0.25, 0.3) is 5.69 Å². The molecule has 2 aromatic rings. The summed E-state index contributed by atoms with van der Waals surface area (Å²) in [5.41, 5.74) is 0.408. The Hall–Kier alpha value is -2.51. The molecule has 0 radical (unpaired) electrons. The van der Waals surface area contributed by atoms with E-state index in [2.05, 4.69) is 0 Å². The average molecular weight is 373 g/mol. The highest BCUT2D eigenvalue weighted by molar-refractivity contribution is 7.91. The van der Waals surface area contributed by atoms with Gasteiger partial charge in [0, 0.05) is 24.3 Å². The van der Waals surface area contributed by atoms with Crippen molar-refractivity contribution in [3.05, 3.63) is 77.0 Å². The molecule has 1 heterocycles. The van der Waals surface area contributed by atoms with Crippen LogP contribution in [0.3, 0.4) is 0 Å². The third-order valence-electron chi connectivity index (χ3n) is 4.66. The minimum Gasteiger partial charge on any atom is -0.258 e. The number of allylic oxidation sites excluding steroid dienone is 1. The zero-order chi connectivity index (χ0) is 18.6. The first-order chi connectivity index (χ1) is 12.5. The van der Waals surface area contributed by atoms with Crippen molar-refractivity contribution < 1.29 is 13.3 Å². The molecule has 26 heavy (non-hydrogen) atoms. The Labute approximate surface area is 153 Å². The molecule has 0 N–H and O–H groups in total. The van der Waals surface area contributed by atoms with Crippen LogP contribution in [0.25, 0.3) is 0 Å². The molecular weight excluding hydrogens is 352 g/mol. The van der Waals surface area contributed by atoms with Gasteiger partial charge in [-0.25, -0.2) is 0 Å². The van der Waals surface area contributed by atoms with E-state index in [1.165, 1.54) is 18.2 Å². The number of quaternary nitrogens is 1. The van der Waals surface area contributed by atoms with Crippen LogP contribution >= 0.6 is 0 Å². The molecule has 3 rings (SSSR count). The monoisotopic (exact) mass is 373 g/mol. The second kappa shape index (κ2) is 7.39. The van der Waals surface area contributed by atoms with E-state index in [0.29, 0.717) is 12.2 Å². The van der Waals surface area contributed by atoms with E-state index in [1.54, 1.807) is 18.3 Å². The molecule has 1 aliphatic heterocycles. The maximum atomic E-state index is 13.6. The van der Waals surface area contributed by atoms with Crippen LogP contribution in [-0.4, -0.2) is 19.9 Å². The molecule has 1 aliphatic rings. The maximum Gasteiger partial charge on any atom is 0.336 e. The molecule has 0 amide bonds. The number of hydrogen-bond donors (Lipinski definition) is 0. The minimum atomic E-state index is -3.93. The van der Waals surface area contributed by atoms with Crippen LogP contribution in [0, 0.1) is 10.1 Å². The Morgan fingerprint density at radius 3 is 2.46 bits per heavy atom. The first kappa shape index (κ1) is 18.3. The third-order valence-corrected chi connectivity index (χ3v) is 6.88. The Morgan fingerprint density at radius 1 is 0.962 bits per heavy atom. The van der Waals surface area contributed by atoms with E-state index in [-0.39, 0.29) is 14.5 Å². The molecule has 0 aliphatic carbocycles. The van der Waals surface area contributed by atoms with Gasteiger partial charge in [0.2, 0.25) is 0 Å². The van der Waals surface area contributed by atoms with Gasteiger partial charge in [-0.05, 0) is 37.8 Å². The van der Waals surface area contributed by atoms with Crippen molar-refractivity contribution in [1.82, 2.24) is 3.89 Å². The predicted molar refractivity (Wildman–Crippen MR) is 101 cm³/mol. The van der Waals surface area contributed by atoms with Crippen LogP contribution in [0.5, 0.6) is 0 Å². The molecule has 2 aromatic carbocycles. The SMILES string of the molecule is O=[N+]([O-])c1cccc(S(=O)(=O)[N+]2(c3ccccc3)C=CCCCCC2)c1. The second-order valence-electron chi connectivity index (χ2n) is 6.32. The normalized spacial score (nSPS) is 20.9. The zero-order valence-electron chi connectivity index (χ0n) is 14.3. The van der Waals surface area contributed by atoms with Crippen LogP contribution < -0.4 is 3.89 Å². The quantitative estimate of drug-likeness (QED) is 0.453. The summed E-state index contributed by atoms with van der Waals surface area (Å²) < 4.78 is 26.9. The fourth-order valence-corrected chi connectivity index (χ4v) is 5.20. The predicted octanol–water partition coefficient (Wildman–Crippen LogP) is 4.38. The van der Waals surface area contributed by atoms with Crippen LogP contribution in [0.2, 0.25) is 0 Å². The van der Waals surface area contributed by atoms with Crippen molar-refractivity contribution in [2.75, 3.05) is 6.54 Å². The summed E-state index contributed by atoms with van der Waals surface area (Å²) >= 11 is 0. The number of sulfonamides is 1. The van der Waals surface area contributed by atoms with Crippen LogP contribution in [0.1, 0.15) is 25.7 Å². The summed E-state index contributed by atoms with van der Waals surface area (Å²) in [5.74, 6) is 0. The van der Waals surface area contributed by atoms with Gasteiger partial charge in [0.1, 0.15) is 17.6 Å². The Kier molecular flexibility index (Phi) is 5.20. The number of nitro benzene ring substituents is 1. The van der Waals surface area contributed by atoms with Crippen molar-refractivity contribution >= 4 is 21.4 Å². The lowest BCUT2D eigenvalue weighted by atomic mass is 10.1. The molecule has 0 saturated heterocycles. The fourth-order valence-electron chi connectivity index (χ4n) is 3.29. The summed E-state index contributed by atoms with van der Waals surface area (Å²) in [5, 5.41) is 11.1. The van der Waals surface area contributed by atoms with Gasteiger partial charge in [0.05, 0.1) is 4.92 Å². The Balaban J connectivity index is 2.22. The standard InChI is InChI=1S/C19H21N2O4S/c22-20(23)17-10-9-13-19(16-17)26(24,25)21(18-11-5-4-6-12-18)14-7-2-1-3-8-15-21/h4-7,9-14,16H,1-3,8,15H2/q+1. The molecule has 6 nitrogen and oxygen atoms in total. The highest BCUT2D eigenvalue weighted by Crippen LogP contribution is 2.35. The second-order valence-corrected chi connectivity index (χ2v) is 8.39. The van der Waals surface area contributed by atoms with Crippen molar-refractivity contribution in [2.45, 2.75) is 30.6 Å². The van der Waals surface area contributed by atoms with E-state index in [1.807, 2.05) is 24.3 Å². The van der Waals surface area contributed by atoms with Gasteiger partial charge in [-0.2, -0.15) is 12.3 Å². The summed E-state index contributed by atoms with van der Waals surface area (Å²) in [6.45, 7) is 0.394. The molecule has 7 heteroatoms. The summed E-state index contributed by atoms with van der Waals surface area (Å²) in [6, 6.07) is 14.3. The lowest BCUT2D eigenvalue weighted by molar-refractivity contribution is -0.385. The van der Waals surface area contributed by atoms with Gasteiger partial charge >= 0.3 is 10.0 Å². The first-order valence-electron chi connectivity index (χ1n) is 8.58. The smallest absolute Gasteiger partial charge is 0.258 e. The molecule has 136 valence electrons. The largest absolute Gasteiger partial charge is 0.336 e. The van der Waals surface area contributed by atoms with Crippen LogP contribution in [0.4, 0.5) is 11.4 Å². The molecule has 0 spiro atoms. The van der Waals surface area contributed by atoms with Crippen LogP contribution in [0.15, 0.2) is 71.8 Å². The maximum absolute atomic E-state index is 13.6. The van der Waals surface area contributed by atoms with E-state index < -0.39 is 14.9 Å². The van der Waals surface area contributed by atoms with Crippen molar-refractivity contribution in [1.29, 1.82) is 0 Å². The number of non-ortho nitro benzene ring substituents is 1. The Bertz CT molecular complexity index is 926. The lowest BCUT2D eigenvalue weighted by Crippen LogP contribution is -2.50. The highest BCUT2D eigenvalue weighted by atomic mass is 32.2. The highest BCUT2D eigenvalue weighted by Gasteiger charge is 2.44. The third kappa shape index (κ3) is 3.27. The van der Waals surface area contributed by atoms with Crippen LogP contribution in [-0.2, 0) is 10.0 Å². The molecule has 1 atom stereocenters. The van der Waals surface area contributed by atoms with E-state index in [9.17, 15) is 18.5 Å². The summed E-state index contributed by atoms with van der Waals surface area (Å²) in [7, 11) is -3.93. The number of nitro groups is 1. The zero-order valence-corrected chi connectivity index (χ0v) is 15.1. The first-order valence-corrected chi connectivity index (χ1v) is 10.0. The topological polar surface area (TPSA) is 77.3 Å².